The minimum absolute atomic E-state index is 0.0174. The van der Waals surface area contributed by atoms with Crippen molar-refractivity contribution in [3.8, 4) is 5.88 Å². The lowest BCUT2D eigenvalue weighted by atomic mass is 10.1. The summed E-state index contributed by atoms with van der Waals surface area (Å²) in [4.78, 5) is 35.2. The van der Waals surface area contributed by atoms with Crippen LogP contribution in [-0.4, -0.2) is 46.5 Å². The van der Waals surface area contributed by atoms with E-state index in [0.29, 0.717) is 41.9 Å². The van der Waals surface area contributed by atoms with Gasteiger partial charge in [0.2, 0.25) is 11.8 Å². The second-order valence-corrected chi connectivity index (χ2v) is 8.99. The number of ether oxygens (including phenoxy) is 2. The molecule has 0 aliphatic carbocycles. The number of alkyl carbamates (subject to hydrolysis) is 1. The molecule has 0 saturated carbocycles. The van der Waals surface area contributed by atoms with Gasteiger partial charge in [0.25, 0.3) is 0 Å². The third kappa shape index (κ3) is 10.7. The molecular weight excluding hydrogens is 493 g/mol. The number of carbonyl (C=O) groups excluding carboxylic acids is 2. The van der Waals surface area contributed by atoms with Gasteiger partial charge in [-0.25, -0.2) is 9.78 Å². The van der Waals surface area contributed by atoms with E-state index in [-0.39, 0.29) is 25.0 Å². The molecule has 0 unspecified atom stereocenters. The molecule has 0 bridgehead atoms. The zero-order valence-corrected chi connectivity index (χ0v) is 21.1. The van der Waals surface area contributed by atoms with Gasteiger partial charge in [-0.05, 0) is 51.7 Å². The van der Waals surface area contributed by atoms with Gasteiger partial charge < -0.3 is 25.8 Å². The number of hydrogen-bond donors (Lipinski definition) is 3. The number of nitrogens with zero attached hydrogens (tertiary/aromatic N) is 3. The van der Waals surface area contributed by atoms with E-state index in [1.165, 1.54) is 0 Å². The lowest BCUT2D eigenvalue weighted by molar-refractivity contribution is -0.173. The fourth-order valence-corrected chi connectivity index (χ4v) is 2.85. The molecule has 13 heteroatoms. The van der Waals surface area contributed by atoms with Crippen LogP contribution in [0.15, 0.2) is 29.3 Å². The van der Waals surface area contributed by atoms with E-state index in [1.807, 2.05) is 5.32 Å². The molecule has 2 amide bonds. The highest BCUT2D eigenvalue weighted by Gasteiger charge is 2.38. The van der Waals surface area contributed by atoms with Crippen LogP contribution in [0.4, 0.5) is 29.6 Å². The van der Waals surface area contributed by atoms with Crippen LogP contribution in [0, 0.1) is 6.92 Å². The Morgan fingerprint density at radius 3 is 2.35 bits per heavy atom. The van der Waals surface area contributed by atoms with Crippen molar-refractivity contribution in [2.24, 2.45) is 4.99 Å². The number of benzene rings is 1. The average Bonchev–Trinajstić information content (AvgIpc) is 2.78. The molecule has 0 radical (unpaired) electrons. The van der Waals surface area contributed by atoms with Crippen molar-refractivity contribution in [2.75, 3.05) is 12.3 Å². The summed E-state index contributed by atoms with van der Waals surface area (Å²) in [6, 6.07) is 6.48. The number of nitrogens with two attached hydrogens (primary N) is 1. The monoisotopic (exact) mass is 524 g/mol. The molecule has 202 valence electrons. The SMILES string of the molecule is Cc1nc(N)nc(OCc2ccc(CNC(=O)C(F)(F)F)cc2)c1/N=C/CCCNC(=O)OC(C)(C)C. The first kappa shape index (κ1) is 29.3. The Morgan fingerprint density at radius 1 is 1.08 bits per heavy atom. The summed E-state index contributed by atoms with van der Waals surface area (Å²) in [5, 5.41) is 4.49. The number of hydrogen-bond acceptors (Lipinski definition) is 8. The molecule has 4 N–H and O–H groups in total. The van der Waals surface area contributed by atoms with E-state index in [2.05, 4.69) is 20.3 Å². The van der Waals surface area contributed by atoms with Gasteiger partial charge >= 0.3 is 18.2 Å². The van der Waals surface area contributed by atoms with E-state index in [1.54, 1.807) is 58.2 Å². The molecule has 2 aromatic rings. The second-order valence-electron chi connectivity index (χ2n) is 8.99. The van der Waals surface area contributed by atoms with E-state index in [4.69, 9.17) is 15.2 Å². The van der Waals surface area contributed by atoms with Gasteiger partial charge in [-0.3, -0.25) is 9.79 Å². The number of halogens is 3. The van der Waals surface area contributed by atoms with Crippen molar-refractivity contribution in [1.29, 1.82) is 0 Å². The number of carbonyl (C=O) groups is 2. The Morgan fingerprint density at radius 2 is 1.73 bits per heavy atom. The molecule has 0 spiro atoms. The minimum atomic E-state index is -4.93. The average molecular weight is 525 g/mol. The molecular formula is C24H31F3N6O4. The summed E-state index contributed by atoms with van der Waals surface area (Å²) in [7, 11) is 0. The summed E-state index contributed by atoms with van der Waals surface area (Å²) in [5.74, 6) is -1.80. The number of anilines is 1. The Labute approximate surface area is 212 Å². The first-order valence-corrected chi connectivity index (χ1v) is 11.4. The van der Waals surface area contributed by atoms with Gasteiger partial charge in [-0.15, -0.1) is 0 Å². The van der Waals surface area contributed by atoms with Crippen molar-refractivity contribution in [1.82, 2.24) is 20.6 Å². The molecule has 0 aliphatic rings. The molecule has 0 fully saturated rings. The fraction of sp³-hybridized carbons (Fsp3) is 0.458. The van der Waals surface area contributed by atoms with E-state index in [0.717, 1.165) is 0 Å². The molecule has 1 aromatic heterocycles. The number of nitrogen functional groups attached to an aromatic ring is 1. The topological polar surface area (TPSA) is 141 Å². The molecule has 0 aliphatic heterocycles. The van der Waals surface area contributed by atoms with E-state index < -0.39 is 23.8 Å². The second kappa shape index (κ2) is 12.9. The summed E-state index contributed by atoms with van der Waals surface area (Å²) in [6.07, 6.45) is -2.56. The predicted octanol–water partition coefficient (Wildman–Crippen LogP) is 4.13. The zero-order valence-electron chi connectivity index (χ0n) is 21.1. The standard InChI is InChI=1S/C24H31F3N6O4/c1-15-18(29-11-5-6-12-30-22(35)37-23(2,3)4)19(33-21(28)32-15)36-14-17-9-7-16(8-10-17)13-31-20(34)24(25,26)27/h7-11H,5-6,12-14H2,1-4H3,(H,30,35)(H,31,34)(H2,28,32,33)/b29-11+. The number of unbranched alkanes of at least 4 members (excludes halogenated alkanes) is 1. The molecule has 10 nitrogen and oxygen atoms in total. The number of amides is 2. The maximum Gasteiger partial charge on any atom is 0.471 e. The maximum absolute atomic E-state index is 12.3. The summed E-state index contributed by atoms with van der Waals surface area (Å²) >= 11 is 0. The summed E-state index contributed by atoms with van der Waals surface area (Å²) < 4.78 is 47.9. The van der Waals surface area contributed by atoms with Crippen molar-refractivity contribution in [2.45, 2.75) is 65.5 Å². The van der Waals surface area contributed by atoms with Crippen LogP contribution in [0.5, 0.6) is 5.88 Å². The van der Waals surface area contributed by atoms with Crippen LogP contribution in [0.25, 0.3) is 0 Å². The van der Waals surface area contributed by atoms with E-state index >= 15 is 0 Å². The first-order valence-electron chi connectivity index (χ1n) is 11.4. The van der Waals surface area contributed by atoms with Crippen LogP contribution in [0.1, 0.15) is 50.4 Å². The largest absolute Gasteiger partial charge is 0.471 e. The molecule has 0 atom stereocenters. The Balaban J connectivity index is 1.91. The van der Waals surface area contributed by atoms with Crippen molar-refractivity contribution in [3.63, 3.8) is 0 Å². The van der Waals surface area contributed by atoms with Crippen LogP contribution >= 0.6 is 0 Å². The normalized spacial score (nSPS) is 11.9. The lowest BCUT2D eigenvalue weighted by Gasteiger charge is -2.19. The van der Waals surface area contributed by atoms with Crippen LogP contribution in [0.2, 0.25) is 0 Å². The minimum Gasteiger partial charge on any atom is -0.471 e. The number of alkyl halides is 3. The lowest BCUT2D eigenvalue weighted by Crippen LogP contribution is -2.36. The summed E-state index contributed by atoms with van der Waals surface area (Å²) in [6.45, 7) is 7.32. The number of nitrogens with one attached hydrogen (secondary N) is 2. The van der Waals surface area contributed by atoms with Gasteiger partial charge in [-0.2, -0.15) is 18.2 Å². The molecule has 1 aromatic carbocycles. The molecule has 1 heterocycles. The number of aliphatic imine (C=N–C) groups is 1. The van der Waals surface area contributed by atoms with Crippen LogP contribution < -0.4 is 21.1 Å². The van der Waals surface area contributed by atoms with Gasteiger partial charge in [0, 0.05) is 19.3 Å². The summed E-state index contributed by atoms with van der Waals surface area (Å²) in [5.41, 5.74) is 7.31. The molecule has 2 rings (SSSR count). The smallest absolute Gasteiger partial charge is 0.471 e. The third-order valence-electron chi connectivity index (χ3n) is 4.55. The van der Waals surface area contributed by atoms with Crippen molar-refractivity contribution in [3.05, 3.63) is 41.1 Å². The highest BCUT2D eigenvalue weighted by molar-refractivity contribution is 5.81. The predicted molar refractivity (Wildman–Crippen MR) is 131 cm³/mol. The molecule has 37 heavy (non-hydrogen) atoms. The Hall–Kier alpha value is -3.90. The van der Waals surface area contributed by atoms with Gasteiger partial charge in [0.1, 0.15) is 17.9 Å². The van der Waals surface area contributed by atoms with E-state index in [9.17, 15) is 22.8 Å². The highest BCUT2D eigenvalue weighted by Crippen LogP contribution is 2.29. The maximum atomic E-state index is 12.3. The van der Waals surface area contributed by atoms with Crippen molar-refractivity contribution >= 4 is 29.9 Å². The van der Waals surface area contributed by atoms with Crippen LogP contribution in [-0.2, 0) is 22.7 Å². The van der Waals surface area contributed by atoms with Gasteiger partial charge in [-0.1, -0.05) is 24.3 Å². The molecule has 0 saturated heterocycles. The van der Waals surface area contributed by atoms with Crippen molar-refractivity contribution < 1.29 is 32.2 Å². The van der Waals surface area contributed by atoms with Gasteiger partial charge in [0.05, 0.1) is 5.69 Å². The first-order chi connectivity index (χ1) is 17.2. The van der Waals surface area contributed by atoms with Crippen LogP contribution in [0.3, 0.4) is 0 Å². The number of aromatic nitrogens is 2. The van der Waals surface area contributed by atoms with Gasteiger partial charge in [0.15, 0.2) is 0 Å². The third-order valence-corrected chi connectivity index (χ3v) is 4.55. The zero-order chi connectivity index (χ0) is 27.6. The Kier molecular flexibility index (Phi) is 10.2. The highest BCUT2D eigenvalue weighted by atomic mass is 19.4. The Bertz CT molecular complexity index is 1100. The number of rotatable bonds is 10. The quantitative estimate of drug-likeness (QED) is 0.313. The number of aryl methyl sites for hydroxylation is 1. The fourth-order valence-electron chi connectivity index (χ4n) is 2.85.